The van der Waals surface area contributed by atoms with Crippen LogP contribution in [0.3, 0.4) is 0 Å². The van der Waals surface area contributed by atoms with Crippen molar-refractivity contribution in [3.63, 3.8) is 0 Å². The highest BCUT2D eigenvalue weighted by molar-refractivity contribution is 7.47. The van der Waals surface area contributed by atoms with Gasteiger partial charge in [-0.25, -0.2) is 9.13 Å². The van der Waals surface area contributed by atoms with Crippen LogP contribution in [0.2, 0.25) is 0 Å². The highest BCUT2D eigenvalue weighted by Gasteiger charge is 2.30. The molecule has 0 aromatic heterocycles. The van der Waals surface area contributed by atoms with Crippen molar-refractivity contribution in [2.45, 2.75) is 438 Å². The van der Waals surface area contributed by atoms with E-state index in [0.717, 1.165) is 102 Å². The van der Waals surface area contributed by atoms with Crippen molar-refractivity contribution in [3.05, 3.63) is 0 Å². The van der Waals surface area contributed by atoms with Gasteiger partial charge in [-0.2, -0.15) is 0 Å². The molecule has 17 nitrogen and oxygen atoms in total. The molecule has 98 heavy (non-hydrogen) atoms. The molecular weight excluding hydrogens is 1280 g/mol. The molecule has 0 aliphatic rings. The Hall–Kier alpha value is -1.94. The van der Waals surface area contributed by atoms with E-state index in [1.165, 1.54) is 238 Å². The summed E-state index contributed by atoms with van der Waals surface area (Å²) >= 11 is 0. The lowest BCUT2D eigenvalue weighted by molar-refractivity contribution is -0.161. The van der Waals surface area contributed by atoms with Crippen LogP contribution in [0.1, 0.15) is 420 Å². The molecule has 0 aromatic carbocycles. The number of unbranched alkanes of at least 4 members (excludes halogenated alkanes) is 51. The van der Waals surface area contributed by atoms with Gasteiger partial charge in [-0.1, -0.05) is 369 Å². The summed E-state index contributed by atoms with van der Waals surface area (Å²) in [5.41, 5.74) is 0. The molecule has 0 fully saturated rings. The van der Waals surface area contributed by atoms with Crippen molar-refractivity contribution in [1.29, 1.82) is 0 Å². The second kappa shape index (κ2) is 72.0. The topological polar surface area (TPSA) is 237 Å². The first-order valence-corrected chi connectivity index (χ1v) is 44.1. The van der Waals surface area contributed by atoms with E-state index in [9.17, 15) is 43.2 Å². The highest BCUT2D eigenvalue weighted by Crippen LogP contribution is 2.45. The molecule has 0 aromatic rings. The summed E-state index contributed by atoms with van der Waals surface area (Å²) in [6.07, 6.45) is 62.8. The van der Waals surface area contributed by atoms with Crippen LogP contribution in [0.25, 0.3) is 0 Å². The fourth-order valence-electron chi connectivity index (χ4n) is 12.2. The maximum atomic E-state index is 13.1. The van der Waals surface area contributed by atoms with Crippen LogP contribution in [-0.4, -0.2) is 96.7 Å². The van der Waals surface area contributed by atoms with Gasteiger partial charge in [-0.15, -0.1) is 0 Å². The first-order valence-electron chi connectivity index (χ1n) is 41.1. The molecule has 19 heteroatoms. The number of carbonyl (C=O) groups is 4. The standard InChI is InChI=1S/C79H154O17P2/c1-6-9-12-15-18-21-23-25-27-29-30-31-32-33-35-37-39-41-43-49-54-59-64-78(83)95-75(69-90-77(82)63-58-53-48-42-40-38-36-34-28-26-24-22-19-16-13-10-7-2)71-94-98(87,88)92-67-73(80)66-91-97(85,86)93-70-74(68-89-76(81)62-57-52-47-20-17-14-11-8-3)96-79(84)65-60-55-50-45-44-46-51-56-61-72(4)5/h72-75,80H,6-71H2,1-5H3,(H,85,86)(H,87,88)/t73-,74+,75+/m0/s1. The maximum Gasteiger partial charge on any atom is 0.472 e. The fourth-order valence-corrected chi connectivity index (χ4v) is 13.8. The Labute approximate surface area is 600 Å². The SMILES string of the molecule is CCCCCCCCCCCCCCCCCCCCCCCCC(=O)O[C@H](COC(=O)CCCCCCCCCCCCCCCCCCC)COP(=O)(O)OC[C@@H](O)COP(=O)(O)OC[C@@H](COC(=O)CCCCCCCCCC)OC(=O)CCCCCCCCCCC(C)C. The van der Waals surface area contributed by atoms with Crippen molar-refractivity contribution in [3.8, 4) is 0 Å². The van der Waals surface area contributed by atoms with Gasteiger partial charge in [-0.3, -0.25) is 37.3 Å². The Kier molecular flexibility index (Phi) is 70.6. The van der Waals surface area contributed by atoms with E-state index in [0.29, 0.717) is 25.7 Å². The van der Waals surface area contributed by atoms with Crippen molar-refractivity contribution in [2.24, 2.45) is 5.92 Å². The zero-order chi connectivity index (χ0) is 71.9. The molecule has 0 saturated carbocycles. The zero-order valence-corrected chi connectivity index (χ0v) is 65.7. The molecule has 2 unspecified atom stereocenters. The van der Waals surface area contributed by atoms with Gasteiger partial charge < -0.3 is 33.8 Å². The Balaban J connectivity index is 5.16. The Morgan fingerprint density at radius 1 is 0.276 bits per heavy atom. The van der Waals surface area contributed by atoms with Crippen molar-refractivity contribution in [1.82, 2.24) is 0 Å². The van der Waals surface area contributed by atoms with Crippen LogP contribution in [0.5, 0.6) is 0 Å². The number of carbonyl (C=O) groups excluding carboxylic acids is 4. The summed E-state index contributed by atoms with van der Waals surface area (Å²) in [4.78, 5) is 72.8. The van der Waals surface area contributed by atoms with E-state index >= 15 is 0 Å². The monoisotopic (exact) mass is 1440 g/mol. The number of phosphoric ester groups is 2. The highest BCUT2D eigenvalue weighted by atomic mass is 31.2. The first-order chi connectivity index (χ1) is 47.5. The second-order valence-electron chi connectivity index (χ2n) is 28.9. The molecule has 0 aliphatic carbocycles. The molecule has 582 valence electrons. The van der Waals surface area contributed by atoms with E-state index in [2.05, 4.69) is 34.6 Å². The summed E-state index contributed by atoms with van der Waals surface area (Å²) in [6.45, 7) is 7.24. The largest absolute Gasteiger partial charge is 0.472 e. The van der Waals surface area contributed by atoms with Gasteiger partial charge in [-0.05, 0) is 31.6 Å². The van der Waals surface area contributed by atoms with Crippen molar-refractivity contribution < 1.29 is 80.2 Å². The Bertz CT molecular complexity index is 1870. The van der Waals surface area contributed by atoms with Crippen molar-refractivity contribution in [2.75, 3.05) is 39.6 Å². The molecule has 0 amide bonds. The average molecular weight is 1440 g/mol. The number of hydrogen-bond donors (Lipinski definition) is 3. The molecule has 0 spiro atoms. The third-order valence-electron chi connectivity index (χ3n) is 18.5. The molecule has 5 atom stereocenters. The van der Waals surface area contributed by atoms with Gasteiger partial charge in [0.25, 0.3) is 0 Å². The van der Waals surface area contributed by atoms with Crippen LogP contribution in [0.15, 0.2) is 0 Å². The van der Waals surface area contributed by atoms with E-state index < -0.39 is 97.5 Å². The summed E-state index contributed by atoms with van der Waals surface area (Å²) in [5.74, 6) is -1.40. The first kappa shape index (κ1) is 96.1. The summed E-state index contributed by atoms with van der Waals surface area (Å²) in [5, 5.41) is 10.6. The van der Waals surface area contributed by atoms with Crippen LogP contribution in [0.4, 0.5) is 0 Å². The predicted molar refractivity (Wildman–Crippen MR) is 400 cm³/mol. The van der Waals surface area contributed by atoms with E-state index in [1.807, 2.05) is 0 Å². The minimum atomic E-state index is -4.96. The lowest BCUT2D eigenvalue weighted by Crippen LogP contribution is -2.30. The number of esters is 4. The van der Waals surface area contributed by atoms with Crippen LogP contribution >= 0.6 is 15.6 Å². The maximum absolute atomic E-state index is 13.1. The van der Waals surface area contributed by atoms with Gasteiger partial charge in [0.2, 0.25) is 0 Å². The number of rotatable bonds is 79. The quantitative estimate of drug-likeness (QED) is 0.0222. The van der Waals surface area contributed by atoms with E-state index in [-0.39, 0.29) is 25.7 Å². The number of phosphoric acid groups is 2. The van der Waals surface area contributed by atoms with Gasteiger partial charge in [0.05, 0.1) is 26.4 Å². The van der Waals surface area contributed by atoms with Gasteiger partial charge >= 0.3 is 39.5 Å². The van der Waals surface area contributed by atoms with Crippen LogP contribution in [0, 0.1) is 5.92 Å². The number of ether oxygens (including phenoxy) is 4. The molecule has 0 aliphatic heterocycles. The summed E-state index contributed by atoms with van der Waals surface area (Å²) in [7, 11) is -9.91. The van der Waals surface area contributed by atoms with Crippen LogP contribution in [-0.2, 0) is 65.4 Å². The van der Waals surface area contributed by atoms with E-state index in [4.69, 9.17) is 37.0 Å². The fraction of sp³-hybridized carbons (Fsp3) is 0.949. The lowest BCUT2D eigenvalue weighted by atomic mass is 10.0. The summed E-state index contributed by atoms with van der Waals surface area (Å²) < 4.78 is 68.5. The van der Waals surface area contributed by atoms with Gasteiger partial charge in [0.1, 0.15) is 19.3 Å². The minimum Gasteiger partial charge on any atom is -0.462 e. The van der Waals surface area contributed by atoms with Gasteiger partial charge in [0, 0.05) is 25.7 Å². The molecule has 0 radical (unpaired) electrons. The Morgan fingerprint density at radius 3 is 0.694 bits per heavy atom. The van der Waals surface area contributed by atoms with Crippen LogP contribution < -0.4 is 0 Å². The Morgan fingerprint density at radius 2 is 0.469 bits per heavy atom. The van der Waals surface area contributed by atoms with Crippen molar-refractivity contribution >= 4 is 39.5 Å². The predicted octanol–water partition coefficient (Wildman–Crippen LogP) is 23.6. The lowest BCUT2D eigenvalue weighted by Gasteiger charge is -2.21. The molecule has 0 bridgehead atoms. The average Bonchev–Trinajstić information content (AvgIpc) is 1.00. The smallest absolute Gasteiger partial charge is 0.462 e. The normalized spacial score (nSPS) is 13.9. The van der Waals surface area contributed by atoms with Gasteiger partial charge in [0.15, 0.2) is 12.2 Å². The zero-order valence-electron chi connectivity index (χ0n) is 63.9. The minimum absolute atomic E-state index is 0.105. The molecule has 0 heterocycles. The molecule has 0 saturated heterocycles. The van der Waals surface area contributed by atoms with E-state index in [1.54, 1.807) is 0 Å². The molecular formula is C79H154O17P2. The molecule has 3 N–H and O–H groups in total. The molecule has 0 rings (SSSR count). The third-order valence-corrected chi connectivity index (χ3v) is 20.4. The third kappa shape index (κ3) is 72.4. The number of hydrogen-bond acceptors (Lipinski definition) is 15. The second-order valence-corrected chi connectivity index (χ2v) is 31.8. The summed E-state index contributed by atoms with van der Waals surface area (Å²) in [6, 6.07) is 0. The number of aliphatic hydroxyl groups is 1. The number of aliphatic hydroxyl groups excluding tert-OH is 1.